The van der Waals surface area contributed by atoms with Crippen LogP contribution in [-0.2, 0) is 0 Å². The number of carbonyl (C=O) groups is 1. The number of carbonyl (C=O) groups excluding carboxylic acids is 1. The molecule has 0 saturated carbocycles. The first-order chi connectivity index (χ1) is 8.67. The topological polar surface area (TPSA) is 58.4 Å². The summed E-state index contributed by atoms with van der Waals surface area (Å²) in [7, 11) is 0. The summed E-state index contributed by atoms with van der Waals surface area (Å²) >= 11 is 0. The fourth-order valence-electron chi connectivity index (χ4n) is 1.59. The number of benzene rings is 1. The molecule has 0 atom stereocenters. The summed E-state index contributed by atoms with van der Waals surface area (Å²) in [5, 5.41) is 2.67. The normalized spacial score (nSPS) is 10.2. The van der Waals surface area contributed by atoms with Crippen LogP contribution in [0.3, 0.4) is 0 Å². The first-order valence-electron chi connectivity index (χ1n) is 6.19. The van der Waals surface area contributed by atoms with Gasteiger partial charge in [-0.25, -0.2) is 9.18 Å². The SMILES string of the molecule is CCCCN(CCN)C(=O)Nc1cccc(F)c1. The number of amides is 2. The lowest BCUT2D eigenvalue weighted by Crippen LogP contribution is -2.39. The van der Waals surface area contributed by atoms with Gasteiger partial charge < -0.3 is 16.0 Å². The number of unbranched alkanes of at least 4 members (excludes halogenated alkanes) is 1. The van der Waals surface area contributed by atoms with Crippen molar-refractivity contribution in [2.45, 2.75) is 19.8 Å². The van der Waals surface area contributed by atoms with E-state index < -0.39 is 0 Å². The Morgan fingerprint density at radius 1 is 1.44 bits per heavy atom. The van der Waals surface area contributed by atoms with Gasteiger partial charge in [-0.15, -0.1) is 0 Å². The zero-order valence-corrected chi connectivity index (χ0v) is 10.7. The molecule has 0 heterocycles. The van der Waals surface area contributed by atoms with E-state index in [1.807, 2.05) is 0 Å². The highest BCUT2D eigenvalue weighted by molar-refractivity contribution is 5.89. The summed E-state index contributed by atoms with van der Waals surface area (Å²) in [6.07, 6.45) is 1.94. The number of anilines is 1. The smallest absolute Gasteiger partial charge is 0.321 e. The van der Waals surface area contributed by atoms with Crippen molar-refractivity contribution < 1.29 is 9.18 Å². The second-order valence-electron chi connectivity index (χ2n) is 4.07. The highest BCUT2D eigenvalue weighted by Gasteiger charge is 2.12. The van der Waals surface area contributed by atoms with Gasteiger partial charge in [-0.1, -0.05) is 19.4 Å². The van der Waals surface area contributed by atoms with Crippen molar-refractivity contribution in [1.82, 2.24) is 4.90 Å². The van der Waals surface area contributed by atoms with Crippen LogP contribution in [-0.4, -0.2) is 30.6 Å². The van der Waals surface area contributed by atoms with Gasteiger partial charge in [0.25, 0.3) is 0 Å². The van der Waals surface area contributed by atoms with Crippen LogP contribution in [0.1, 0.15) is 19.8 Å². The molecular weight excluding hydrogens is 233 g/mol. The van der Waals surface area contributed by atoms with Crippen LogP contribution < -0.4 is 11.1 Å². The molecule has 0 bridgehead atoms. The number of nitrogens with two attached hydrogens (primary N) is 1. The quantitative estimate of drug-likeness (QED) is 0.818. The van der Waals surface area contributed by atoms with Gasteiger partial charge in [0, 0.05) is 25.3 Å². The molecule has 2 amide bonds. The van der Waals surface area contributed by atoms with Gasteiger partial charge >= 0.3 is 6.03 Å². The molecule has 0 aliphatic carbocycles. The molecule has 3 N–H and O–H groups in total. The Balaban J connectivity index is 2.60. The molecule has 100 valence electrons. The third-order valence-corrected chi connectivity index (χ3v) is 2.54. The number of hydrogen-bond acceptors (Lipinski definition) is 2. The van der Waals surface area contributed by atoms with E-state index in [0.29, 0.717) is 25.3 Å². The third-order valence-electron chi connectivity index (χ3n) is 2.54. The first kappa shape index (κ1) is 14.4. The van der Waals surface area contributed by atoms with Crippen molar-refractivity contribution in [3.05, 3.63) is 30.1 Å². The Morgan fingerprint density at radius 3 is 2.83 bits per heavy atom. The highest BCUT2D eigenvalue weighted by Crippen LogP contribution is 2.10. The van der Waals surface area contributed by atoms with Gasteiger partial charge in [-0.3, -0.25) is 0 Å². The molecule has 18 heavy (non-hydrogen) atoms. The maximum Gasteiger partial charge on any atom is 0.321 e. The molecule has 0 fully saturated rings. The van der Waals surface area contributed by atoms with Crippen LogP contribution >= 0.6 is 0 Å². The molecule has 0 saturated heterocycles. The predicted molar refractivity (Wildman–Crippen MR) is 71.0 cm³/mol. The molecule has 5 heteroatoms. The molecule has 0 aromatic heterocycles. The second kappa shape index (κ2) is 7.66. The average molecular weight is 253 g/mol. The maximum atomic E-state index is 13.0. The monoisotopic (exact) mass is 253 g/mol. The minimum atomic E-state index is -0.369. The minimum absolute atomic E-state index is 0.237. The number of urea groups is 1. The van der Waals surface area contributed by atoms with Gasteiger partial charge in [0.1, 0.15) is 5.82 Å². The number of halogens is 1. The summed E-state index contributed by atoms with van der Waals surface area (Å²) < 4.78 is 13.0. The van der Waals surface area contributed by atoms with Crippen LogP contribution in [0.2, 0.25) is 0 Å². The Morgan fingerprint density at radius 2 is 2.22 bits per heavy atom. The number of nitrogens with one attached hydrogen (secondary N) is 1. The van der Waals surface area contributed by atoms with Crippen molar-refractivity contribution in [3.63, 3.8) is 0 Å². The third kappa shape index (κ3) is 4.71. The van der Waals surface area contributed by atoms with Crippen LogP contribution in [0.15, 0.2) is 24.3 Å². The zero-order chi connectivity index (χ0) is 13.4. The molecule has 1 aromatic carbocycles. The van der Waals surface area contributed by atoms with Crippen LogP contribution in [0.4, 0.5) is 14.9 Å². The molecule has 4 nitrogen and oxygen atoms in total. The highest BCUT2D eigenvalue weighted by atomic mass is 19.1. The minimum Gasteiger partial charge on any atom is -0.329 e. The Hall–Kier alpha value is -1.62. The molecule has 1 aromatic rings. The summed E-state index contributed by atoms with van der Waals surface area (Å²) in [6.45, 7) is 3.64. The number of nitrogens with zero attached hydrogens (tertiary/aromatic N) is 1. The lowest BCUT2D eigenvalue weighted by atomic mass is 10.3. The van der Waals surface area contributed by atoms with Gasteiger partial charge in [0.2, 0.25) is 0 Å². The second-order valence-corrected chi connectivity index (χ2v) is 4.07. The Bertz CT molecular complexity index is 384. The van der Waals surface area contributed by atoms with Crippen molar-refractivity contribution >= 4 is 11.7 Å². The van der Waals surface area contributed by atoms with Crippen molar-refractivity contribution in [1.29, 1.82) is 0 Å². The average Bonchev–Trinajstić information content (AvgIpc) is 2.34. The number of rotatable bonds is 6. The van der Waals surface area contributed by atoms with E-state index in [1.54, 1.807) is 17.0 Å². The summed E-state index contributed by atoms with van der Waals surface area (Å²) in [5.41, 5.74) is 5.93. The van der Waals surface area contributed by atoms with E-state index in [-0.39, 0.29) is 11.8 Å². The summed E-state index contributed by atoms with van der Waals surface area (Å²) in [5.74, 6) is -0.369. The van der Waals surface area contributed by atoms with Gasteiger partial charge in [0.05, 0.1) is 0 Å². The van der Waals surface area contributed by atoms with E-state index in [2.05, 4.69) is 12.2 Å². The fraction of sp³-hybridized carbons (Fsp3) is 0.462. The van der Waals surface area contributed by atoms with Gasteiger partial charge in [-0.2, -0.15) is 0 Å². The Labute approximate surface area is 107 Å². The zero-order valence-electron chi connectivity index (χ0n) is 10.7. The molecule has 0 aliphatic heterocycles. The van der Waals surface area contributed by atoms with E-state index in [9.17, 15) is 9.18 Å². The molecular formula is C13H20FN3O. The van der Waals surface area contributed by atoms with E-state index in [1.165, 1.54) is 12.1 Å². The molecule has 1 rings (SSSR count). The van der Waals surface area contributed by atoms with Crippen LogP contribution in [0.25, 0.3) is 0 Å². The maximum absolute atomic E-state index is 13.0. The van der Waals surface area contributed by atoms with Crippen LogP contribution in [0, 0.1) is 5.82 Å². The predicted octanol–water partition coefficient (Wildman–Crippen LogP) is 2.42. The summed E-state index contributed by atoms with van der Waals surface area (Å²) in [6, 6.07) is 5.61. The van der Waals surface area contributed by atoms with E-state index >= 15 is 0 Å². The Kier molecular flexibility index (Phi) is 6.14. The lowest BCUT2D eigenvalue weighted by Gasteiger charge is -2.22. The fourth-order valence-corrected chi connectivity index (χ4v) is 1.59. The van der Waals surface area contributed by atoms with Crippen molar-refractivity contribution in [2.75, 3.05) is 25.0 Å². The molecule has 0 unspecified atom stereocenters. The van der Waals surface area contributed by atoms with E-state index in [0.717, 1.165) is 12.8 Å². The first-order valence-corrected chi connectivity index (χ1v) is 6.19. The van der Waals surface area contributed by atoms with Crippen molar-refractivity contribution in [2.24, 2.45) is 5.73 Å². The molecule has 0 aliphatic rings. The van der Waals surface area contributed by atoms with E-state index in [4.69, 9.17) is 5.73 Å². The molecule has 0 radical (unpaired) electrons. The van der Waals surface area contributed by atoms with Crippen LogP contribution in [0.5, 0.6) is 0 Å². The molecule has 0 spiro atoms. The van der Waals surface area contributed by atoms with Gasteiger partial charge in [-0.05, 0) is 24.6 Å². The lowest BCUT2D eigenvalue weighted by molar-refractivity contribution is 0.212. The summed E-state index contributed by atoms with van der Waals surface area (Å²) in [4.78, 5) is 13.6. The largest absolute Gasteiger partial charge is 0.329 e. The standard InChI is InChI=1S/C13H20FN3O/c1-2-3-8-17(9-7-15)13(18)16-12-6-4-5-11(14)10-12/h4-6,10H,2-3,7-9,15H2,1H3,(H,16,18). The van der Waals surface area contributed by atoms with Crippen molar-refractivity contribution in [3.8, 4) is 0 Å². The number of hydrogen-bond donors (Lipinski definition) is 2. The van der Waals surface area contributed by atoms with Gasteiger partial charge in [0.15, 0.2) is 0 Å².